The minimum atomic E-state index is -4.22. The number of hydrogen-bond donors (Lipinski definition) is 2. The lowest BCUT2D eigenvalue weighted by molar-refractivity contribution is 0.281. The molecule has 5 aliphatic rings. The summed E-state index contributed by atoms with van der Waals surface area (Å²) < 4.78 is 119. The van der Waals surface area contributed by atoms with Crippen molar-refractivity contribution in [3.05, 3.63) is 243 Å². The van der Waals surface area contributed by atoms with E-state index in [1.165, 1.54) is 0 Å². The van der Waals surface area contributed by atoms with Gasteiger partial charge in [-0.2, -0.15) is 0 Å². The fraction of sp³-hybridized carbons (Fsp3) is 0.118. The lowest BCUT2D eigenvalue weighted by Crippen LogP contribution is -2.45. The van der Waals surface area contributed by atoms with Gasteiger partial charge in [0.25, 0.3) is 0 Å². The molecule has 88 heavy (non-hydrogen) atoms. The molecule has 0 spiro atoms. The number of hydrogen-bond acceptors (Lipinski definition) is 10. The molecule has 0 radical (unpaired) electrons. The topological polar surface area (TPSA) is 165 Å². The van der Waals surface area contributed by atoms with E-state index in [0.29, 0.717) is 55.3 Å². The second-order valence-corrected chi connectivity index (χ2v) is 32.8. The molecular weight excluding hydrogens is 1200 g/mol. The van der Waals surface area contributed by atoms with Gasteiger partial charge in [0.1, 0.15) is 28.7 Å². The first-order chi connectivity index (χ1) is 42.9. The fourth-order valence-electron chi connectivity index (χ4n) is 12.6. The first-order valence-corrected chi connectivity index (χ1v) is 37.1. The Bertz CT molecular complexity index is 4440. The summed E-state index contributed by atoms with van der Waals surface area (Å²) in [6.45, 7) is -0.125. The first-order valence-electron chi connectivity index (χ1n) is 29.1. The van der Waals surface area contributed by atoms with Crippen LogP contribution in [-0.4, -0.2) is 66.4 Å². The Morgan fingerprint density at radius 2 is 0.443 bits per heavy atom. The molecule has 0 aromatic heterocycles. The molecule has 2 N–H and O–H groups in total. The van der Waals surface area contributed by atoms with Gasteiger partial charge in [-0.3, -0.25) is 22.8 Å². The summed E-state index contributed by atoms with van der Waals surface area (Å²) in [7, 11) is -20.1. The van der Waals surface area contributed by atoms with Crippen LogP contribution in [0.2, 0.25) is 0 Å². The Labute approximate surface area is 510 Å². The highest BCUT2D eigenvalue weighted by molar-refractivity contribution is 7.67. The van der Waals surface area contributed by atoms with Crippen molar-refractivity contribution in [2.45, 2.75) is 0 Å². The van der Waals surface area contributed by atoms with Crippen molar-refractivity contribution in [3.8, 4) is 84.4 Å². The second kappa shape index (κ2) is 22.6. The summed E-state index contributed by atoms with van der Waals surface area (Å²) in [4.78, 5) is 0. The Morgan fingerprint density at radius 1 is 0.239 bits per heavy atom. The molecule has 0 saturated heterocycles. The van der Waals surface area contributed by atoms with Crippen molar-refractivity contribution in [3.63, 3.8) is 0 Å². The summed E-state index contributed by atoms with van der Waals surface area (Å²) in [5, 5.41) is 9.01. The summed E-state index contributed by atoms with van der Waals surface area (Å²) in [5.74, 6) is 2.23. The average molecular weight is 1260 g/mol. The van der Waals surface area contributed by atoms with E-state index in [2.05, 4.69) is 10.2 Å². The number of rotatable bonds is 17. The molecular formula is C68H58N5O10P5. The maximum Gasteiger partial charge on any atom is 0.350 e. The Balaban J connectivity index is 0.814. The molecule has 10 aromatic carbocycles. The van der Waals surface area contributed by atoms with E-state index in [1.54, 1.807) is 56.5 Å². The summed E-state index contributed by atoms with van der Waals surface area (Å²) in [6, 6.07) is 74.8. The molecule has 20 heteroatoms. The van der Waals surface area contributed by atoms with Crippen molar-refractivity contribution < 1.29 is 45.4 Å². The molecule has 5 aliphatic heterocycles. The molecule has 0 bridgehead atoms. The van der Waals surface area contributed by atoms with Crippen LogP contribution < -0.4 is 59.3 Å². The van der Waals surface area contributed by atoms with Crippen LogP contribution in [0.4, 0.5) is 0 Å². The monoisotopic (exact) mass is 1260 g/mol. The van der Waals surface area contributed by atoms with Gasteiger partial charge in [-0.15, -0.1) is 0 Å². The molecule has 15 nitrogen and oxygen atoms in total. The van der Waals surface area contributed by atoms with Gasteiger partial charge in [-0.1, -0.05) is 182 Å². The van der Waals surface area contributed by atoms with Crippen LogP contribution in [0.3, 0.4) is 0 Å². The zero-order chi connectivity index (χ0) is 59.7. The quantitative estimate of drug-likeness (QED) is 0.0827. The van der Waals surface area contributed by atoms with Crippen molar-refractivity contribution in [2.24, 2.45) is 0 Å². The van der Waals surface area contributed by atoms with E-state index in [1.807, 2.05) is 200 Å². The lowest BCUT2D eigenvalue weighted by atomic mass is 10.0. The van der Waals surface area contributed by atoms with Gasteiger partial charge >= 0.3 is 37.6 Å². The summed E-state index contributed by atoms with van der Waals surface area (Å²) in [6.07, 6.45) is 0. The van der Waals surface area contributed by atoms with Crippen molar-refractivity contribution in [1.29, 1.82) is 0 Å². The third-order valence-corrected chi connectivity index (χ3v) is 28.8. The van der Waals surface area contributed by atoms with Crippen molar-refractivity contribution >= 4 is 64.1 Å². The van der Waals surface area contributed by atoms with Crippen LogP contribution in [0.1, 0.15) is 0 Å². The van der Waals surface area contributed by atoms with Gasteiger partial charge in [-0.05, 0) is 60.7 Å². The lowest BCUT2D eigenvalue weighted by Gasteiger charge is -2.41. The van der Waals surface area contributed by atoms with E-state index in [-0.39, 0.29) is 52.4 Å². The molecule has 0 saturated carbocycles. The molecule has 10 aromatic rings. The van der Waals surface area contributed by atoms with Crippen LogP contribution >= 0.6 is 37.6 Å². The molecule has 0 fully saturated rings. The SMILES string of the molecule is O=P1(NCCN(CCN(CCN(CCNP2(=O)Oc3ccccc3-c3ccccc32)P2(=O)Oc3ccccc3-c3ccccc32)P2(=O)Oc3ccccc3-c3ccccc32)P2(=O)Oc3ccccc3-c3ccccc32)Oc2ccccc2-c2ccccc21. The molecule has 5 atom stereocenters. The smallest absolute Gasteiger partial charge is 0.350 e. The van der Waals surface area contributed by atoms with Crippen molar-refractivity contribution in [1.82, 2.24) is 24.2 Å². The molecule has 0 amide bonds. The minimum Gasteiger partial charge on any atom is -0.429 e. The van der Waals surface area contributed by atoms with Gasteiger partial charge < -0.3 is 22.6 Å². The maximum absolute atomic E-state index is 16.9. The van der Waals surface area contributed by atoms with E-state index in [9.17, 15) is 0 Å². The van der Waals surface area contributed by atoms with E-state index in [4.69, 9.17) is 22.6 Å². The van der Waals surface area contributed by atoms with E-state index < -0.39 is 37.6 Å². The standard InChI is InChI=1S/C68H58N5O10P5/c74-84(64-36-16-6-26-54(64)49-21-1-11-31-59(49)79-84)69-41-43-71(86(76)66-38-18-8-28-56(66)51-23-3-13-33-61(51)81-86)45-47-73(88(78)68-40-20-10-30-58(68)53-25-5-15-35-63(53)83-88)48-46-72(87(77)67-39-19-9-29-57(67)52-24-4-14-34-62(52)82-87)44-42-70-85(75)65-37-17-7-27-55(65)50-22-2-12-32-60(50)80-85/h1-40H,41-48H2,(H,69,74)(H,70,75). The largest absolute Gasteiger partial charge is 0.429 e. The second-order valence-electron chi connectivity index (χ2n) is 21.9. The highest BCUT2D eigenvalue weighted by Crippen LogP contribution is 2.62. The molecule has 15 rings (SSSR count). The van der Waals surface area contributed by atoms with Crippen LogP contribution in [-0.2, 0) is 22.8 Å². The van der Waals surface area contributed by atoms with Crippen molar-refractivity contribution in [2.75, 3.05) is 52.4 Å². The summed E-state index contributed by atoms with van der Waals surface area (Å²) >= 11 is 0. The van der Waals surface area contributed by atoms with Crippen LogP contribution in [0.15, 0.2) is 243 Å². The summed E-state index contributed by atoms with van der Waals surface area (Å²) in [5.41, 5.74) is 7.74. The Morgan fingerprint density at radius 3 is 0.727 bits per heavy atom. The highest BCUT2D eigenvalue weighted by atomic mass is 31.2. The molecule has 0 aliphatic carbocycles. The number of nitrogens with zero attached hydrogens (tertiary/aromatic N) is 3. The van der Waals surface area contributed by atoms with Crippen LogP contribution in [0.5, 0.6) is 28.7 Å². The zero-order valence-electron chi connectivity index (χ0n) is 47.4. The first kappa shape index (κ1) is 56.6. The Hall–Kier alpha value is -7.85. The maximum atomic E-state index is 16.9. The molecule has 5 heterocycles. The molecule has 440 valence electrons. The van der Waals surface area contributed by atoms with Gasteiger partial charge in [0.15, 0.2) is 0 Å². The van der Waals surface area contributed by atoms with Gasteiger partial charge in [-0.25, -0.2) is 24.2 Å². The predicted octanol–water partition coefficient (Wildman–Crippen LogP) is 14.0. The van der Waals surface area contributed by atoms with Gasteiger partial charge in [0.05, 0.1) is 26.5 Å². The highest BCUT2D eigenvalue weighted by Gasteiger charge is 2.48. The minimum absolute atomic E-state index is 0.0100. The fourth-order valence-corrected chi connectivity index (χ4v) is 23.8. The number of para-hydroxylation sites is 5. The number of nitrogens with one attached hydrogen (secondary N) is 2. The van der Waals surface area contributed by atoms with E-state index >= 15 is 22.8 Å². The number of fused-ring (bicyclic) bond motifs is 15. The Kier molecular flexibility index (Phi) is 14.6. The van der Waals surface area contributed by atoms with Gasteiger partial charge in [0.2, 0.25) is 0 Å². The third kappa shape index (κ3) is 9.69. The van der Waals surface area contributed by atoms with E-state index in [0.717, 1.165) is 55.6 Å². The predicted molar refractivity (Wildman–Crippen MR) is 349 cm³/mol. The average Bonchev–Trinajstić information content (AvgIpc) is 1.46. The normalized spacial score (nSPS) is 21.9. The van der Waals surface area contributed by atoms with Crippen LogP contribution in [0.25, 0.3) is 55.6 Å². The number of benzene rings is 10. The molecule has 5 unspecified atom stereocenters. The third-order valence-electron chi connectivity index (χ3n) is 16.8. The van der Waals surface area contributed by atoms with Gasteiger partial charge in [0, 0.05) is 108 Å². The zero-order valence-corrected chi connectivity index (χ0v) is 51.9. The van der Waals surface area contributed by atoms with Crippen LogP contribution in [0, 0.1) is 0 Å².